The van der Waals surface area contributed by atoms with E-state index in [0.717, 1.165) is 24.8 Å². The number of nitrogens with one attached hydrogen (secondary N) is 1. The predicted molar refractivity (Wildman–Crippen MR) is 120 cm³/mol. The molecule has 3 aromatic carbocycles. The van der Waals surface area contributed by atoms with Gasteiger partial charge in [0.1, 0.15) is 5.82 Å². The summed E-state index contributed by atoms with van der Waals surface area (Å²) in [6, 6.07) is 19.6. The zero-order valence-corrected chi connectivity index (χ0v) is 18.4. The average molecular weight is 446 g/mol. The van der Waals surface area contributed by atoms with Gasteiger partial charge in [-0.3, -0.25) is 0 Å². The van der Waals surface area contributed by atoms with Crippen molar-refractivity contribution in [2.24, 2.45) is 0 Å². The zero-order chi connectivity index (χ0) is 21.6. The largest absolute Gasteiger partial charge is 0.241 e. The van der Waals surface area contributed by atoms with Crippen molar-refractivity contribution >= 4 is 21.6 Å². The Morgan fingerprint density at radius 3 is 2.27 bits per heavy atom. The van der Waals surface area contributed by atoms with E-state index in [0.29, 0.717) is 10.6 Å². The number of benzene rings is 3. The lowest BCUT2D eigenvalue weighted by Crippen LogP contribution is -2.30. The fraction of sp³-hybridized carbons (Fsp3) is 0.250. The molecule has 3 rings (SSSR count). The van der Waals surface area contributed by atoms with Crippen molar-refractivity contribution in [2.45, 2.75) is 43.5 Å². The van der Waals surface area contributed by atoms with Crippen molar-refractivity contribution in [1.82, 2.24) is 4.72 Å². The summed E-state index contributed by atoms with van der Waals surface area (Å²) in [5.41, 5.74) is 2.44. The van der Waals surface area contributed by atoms with Crippen LogP contribution in [0.4, 0.5) is 4.39 Å². The minimum atomic E-state index is -3.81. The Morgan fingerprint density at radius 1 is 0.967 bits per heavy atom. The van der Waals surface area contributed by atoms with Gasteiger partial charge in [0.15, 0.2) is 0 Å². The number of hydrogen-bond donors (Lipinski definition) is 1. The summed E-state index contributed by atoms with van der Waals surface area (Å²) in [5, 5.41) is 0.458. The molecule has 1 N–H and O–H groups in total. The standard InChI is InChI=1S/C24H25ClFNO2S/c1-2-3-6-18-9-11-19(12-10-18)24(17-20-7-4-5-8-23(20)26)27-30(28,29)22-15-13-21(25)14-16-22/h4-5,7-16,24,27H,2-3,6,17H2,1H3. The minimum Gasteiger partial charge on any atom is -0.207 e. The summed E-state index contributed by atoms with van der Waals surface area (Å²) in [4.78, 5) is 0.116. The van der Waals surface area contributed by atoms with Crippen LogP contribution in [0.2, 0.25) is 5.02 Å². The number of sulfonamides is 1. The number of halogens is 2. The van der Waals surface area contributed by atoms with Crippen LogP contribution < -0.4 is 4.72 Å². The van der Waals surface area contributed by atoms with Crippen molar-refractivity contribution < 1.29 is 12.8 Å². The van der Waals surface area contributed by atoms with Crippen LogP contribution in [0, 0.1) is 5.82 Å². The van der Waals surface area contributed by atoms with E-state index in [4.69, 9.17) is 11.6 Å². The van der Waals surface area contributed by atoms with Gasteiger partial charge in [-0.2, -0.15) is 0 Å². The SMILES string of the molecule is CCCCc1ccc(C(Cc2ccccc2F)NS(=O)(=O)c2ccc(Cl)cc2)cc1. The maximum Gasteiger partial charge on any atom is 0.241 e. The average Bonchev–Trinajstić information content (AvgIpc) is 2.74. The predicted octanol–water partition coefficient (Wildman–Crippen LogP) is 6.08. The minimum absolute atomic E-state index is 0.116. The molecule has 1 atom stereocenters. The van der Waals surface area contributed by atoms with E-state index in [2.05, 4.69) is 11.6 Å². The van der Waals surface area contributed by atoms with Gasteiger partial charge in [-0.05, 0) is 66.3 Å². The summed E-state index contributed by atoms with van der Waals surface area (Å²) < 4.78 is 42.9. The number of rotatable bonds is 9. The Hall–Kier alpha value is -2.21. The van der Waals surface area contributed by atoms with Gasteiger partial charge in [0.25, 0.3) is 0 Å². The third-order valence-corrected chi connectivity index (χ3v) is 6.74. The van der Waals surface area contributed by atoms with Gasteiger partial charge < -0.3 is 0 Å². The lowest BCUT2D eigenvalue weighted by molar-refractivity contribution is 0.543. The number of hydrogen-bond acceptors (Lipinski definition) is 2. The van der Waals surface area contributed by atoms with Gasteiger partial charge in [0.05, 0.1) is 10.9 Å². The molecule has 0 spiro atoms. The van der Waals surface area contributed by atoms with Crippen molar-refractivity contribution in [1.29, 1.82) is 0 Å². The van der Waals surface area contributed by atoms with Crippen molar-refractivity contribution in [3.05, 3.63) is 100 Å². The van der Waals surface area contributed by atoms with Crippen LogP contribution in [0.5, 0.6) is 0 Å². The quantitative estimate of drug-likeness (QED) is 0.433. The molecular weight excluding hydrogens is 421 g/mol. The first-order valence-corrected chi connectivity index (χ1v) is 11.9. The van der Waals surface area contributed by atoms with Crippen LogP contribution in [0.1, 0.15) is 42.5 Å². The molecule has 6 heteroatoms. The molecule has 0 radical (unpaired) electrons. The first kappa shape index (κ1) is 22.5. The molecule has 0 saturated carbocycles. The van der Waals surface area contributed by atoms with E-state index in [1.807, 2.05) is 24.3 Å². The van der Waals surface area contributed by atoms with E-state index in [-0.39, 0.29) is 17.1 Å². The lowest BCUT2D eigenvalue weighted by Gasteiger charge is -2.20. The highest BCUT2D eigenvalue weighted by molar-refractivity contribution is 7.89. The van der Waals surface area contributed by atoms with Crippen molar-refractivity contribution in [3.63, 3.8) is 0 Å². The smallest absolute Gasteiger partial charge is 0.207 e. The third kappa shape index (κ3) is 5.91. The highest BCUT2D eigenvalue weighted by Crippen LogP contribution is 2.24. The number of unbranched alkanes of at least 4 members (excludes halogenated alkanes) is 1. The van der Waals surface area contributed by atoms with Gasteiger partial charge in [-0.25, -0.2) is 17.5 Å². The van der Waals surface area contributed by atoms with Gasteiger partial charge in [0, 0.05) is 5.02 Å². The molecule has 0 aromatic heterocycles. The molecule has 0 saturated heterocycles. The highest BCUT2D eigenvalue weighted by Gasteiger charge is 2.23. The van der Waals surface area contributed by atoms with E-state index >= 15 is 0 Å². The summed E-state index contributed by atoms with van der Waals surface area (Å²) >= 11 is 5.88. The van der Waals surface area contributed by atoms with E-state index in [1.54, 1.807) is 18.2 Å². The molecule has 0 aliphatic heterocycles. The monoisotopic (exact) mass is 445 g/mol. The molecule has 1 unspecified atom stereocenters. The molecule has 30 heavy (non-hydrogen) atoms. The molecule has 0 bridgehead atoms. The summed E-state index contributed by atoms with van der Waals surface area (Å²) in [7, 11) is -3.81. The molecule has 0 aliphatic carbocycles. The Morgan fingerprint density at radius 2 is 1.63 bits per heavy atom. The summed E-state index contributed by atoms with van der Waals surface area (Å²) in [6.07, 6.45) is 3.39. The maximum atomic E-state index is 14.3. The normalized spacial score (nSPS) is 12.6. The molecular formula is C24H25ClFNO2S. The second-order valence-electron chi connectivity index (χ2n) is 7.27. The van der Waals surface area contributed by atoms with Gasteiger partial charge in [-0.15, -0.1) is 0 Å². The summed E-state index contributed by atoms with van der Waals surface area (Å²) in [6.45, 7) is 2.14. The highest BCUT2D eigenvalue weighted by atomic mass is 35.5. The van der Waals surface area contributed by atoms with Crippen molar-refractivity contribution in [2.75, 3.05) is 0 Å². The Labute approximate surface area is 183 Å². The fourth-order valence-electron chi connectivity index (χ4n) is 3.28. The first-order chi connectivity index (χ1) is 14.4. The van der Waals surface area contributed by atoms with Crippen LogP contribution >= 0.6 is 11.6 Å². The van der Waals surface area contributed by atoms with Crippen LogP contribution in [0.25, 0.3) is 0 Å². The zero-order valence-electron chi connectivity index (χ0n) is 16.8. The third-order valence-electron chi connectivity index (χ3n) is 5.00. The Bertz CT molecular complexity index is 1070. The summed E-state index contributed by atoms with van der Waals surface area (Å²) in [5.74, 6) is -0.354. The first-order valence-electron chi connectivity index (χ1n) is 9.99. The van der Waals surface area contributed by atoms with Crippen LogP contribution in [-0.4, -0.2) is 8.42 Å². The molecule has 158 valence electrons. The topological polar surface area (TPSA) is 46.2 Å². The van der Waals surface area contributed by atoms with E-state index < -0.39 is 16.1 Å². The second kappa shape index (κ2) is 10.2. The lowest BCUT2D eigenvalue weighted by atomic mass is 9.97. The molecule has 0 amide bonds. The van der Waals surface area contributed by atoms with Crippen LogP contribution in [-0.2, 0) is 22.9 Å². The van der Waals surface area contributed by atoms with Crippen LogP contribution in [0.3, 0.4) is 0 Å². The van der Waals surface area contributed by atoms with E-state index in [9.17, 15) is 12.8 Å². The number of aryl methyl sites for hydroxylation is 1. The van der Waals surface area contributed by atoms with Crippen molar-refractivity contribution in [3.8, 4) is 0 Å². The van der Waals surface area contributed by atoms with Crippen LogP contribution in [0.15, 0.2) is 77.7 Å². The molecule has 0 fully saturated rings. The van der Waals surface area contributed by atoms with E-state index in [1.165, 1.54) is 35.9 Å². The Balaban J connectivity index is 1.91. The fourth-order valence-corrected chi connectivity index (χ4v) is 4.63. The van der Waals surface area contributed by atoms with Gasteiger partial charge in [0.2, 0.25) is 10.0 Å². The van der Waals surface area contributed by atoms with Gasteiger partial charge in [-0.1, -0.05) is 67.4 Å². The Kier molecular flexibility index (Phi) is 7.64. The molecule has 0 aliphatic rings. The molecule has 3 aromatic rings. The van der Waals surface area contributed by atoms with Gasteiger partial charge >= 0.3 is 0 Å². The second-order valence-corrected chi connectivity index (χ2v) is 9.42. The molecule has 3 nitrogen and oxygen atoms in total. The molecule has 0 heterocycles. The maximum absolute atomic E-state index is 14.3.